The molecule has 0 heterocycles. The van der Waals surface area contributed by atoms with Crippen LogP contribution in [0.4, 0.5) is 17.6 Å². The van der Waals surface area contributed by atoms with E-state index in [0.29, 0.717) is 31.3 Å². The van der Waals surface area contributed by atoms with Gasteiger partial charge in [0.25, 0.3) is 5.91 Å². The van der Waals surface area contributed by atoms with Gasteiger partial charge >= 0.3 is 6.18 Å². The predicted molar refractivity (Wildman–Crippen MR) is 72.4 cm³/mol. The molecule has 0 bridgehead atoms. The van der Waals surface area contributed by atoms with Crippen molar-refractivity contribution in [3.63, 3.8) is 0 Å². The maximum atomic E-state index is 13.7. The average molecular weight is 305 g/mol. The van der Waals surface area contributed by atoms with Gasteiger partial charge in [-0.3, -0.25) is 4.79 Å². The molecule has 0 saturated carbocycles. The molecule has 1 unspecified atom stereocenters. The lowest BCUT2D eigenvalue weighted by atomic mass is 10.1. The number of hydrogen-bond acceptors (Lipinski definition) is 1. The lowest BCUT2D eigenvalue weighted by molar-refractivity contribution is -0.137. The Balaban J connectivity index is 3.10. The van der Waals surface area contributed by atoms with Crippen LogP contribution in [-0.2, 0) is 6.18 Å². The zero-order valence-corrected chi connectivity index (χ0v) is 12.3. The molecule has 0 fully saturated rings. The first-order valence-electron chi connectivity index (χ1n) is 6.86. The van der Waals surface area contributed by atoms with Crippen molar-refractivity contribution in [2.45, 2.75) is 33.4 Å². The van der Waals surface area contributed by atoms with E-state index in [2.05, 4.69) is 0 Å². The normalized spacial score (nSPS) is 13.1. The second-order valence-electron chi connectivity index (χ2n) is 5.05. The van der Waals surface area contributed by atoms with Crippen molar-refractivity contribution in [3.05, 3.63) is 35.1 Å². The van der Waals surface area contributed by atoms with Crippen molar-refractivity contribution in [3.8, 4) is 0 Å². The molecule has 0 N–H and O–H groups in total. The van der Waals surface area contributed by atoms with Gasteiger partial charge in [-0.15, -0.1) is 0 Å². The van der Waals surface area contributed by atoms with E-state index in [1.807, 2.05) is 13.8 Å². The number of carbonyl (C=O) groups is 1. The van der Waals surface area contributed by atoms with Crippen LogP contribution in [0, 0.1) is 11.7 Å². The zero-order chi connectivity index (χ0) is 16.2. The van der Waals surface area contributed by atoms with Gasteiger partial charge in [-0.1, -0.05) is 20.3 Å². The van der Waals surface area contributed by atoms with Crippen LogP contribution in [0.5, 0.6) is 0 Å². The topological polar surface area (TPSA) is 20.3 Å². The van der Waals surface area contributed by atoms with Crippen LogP contribution in [0.2, 0.25) is 0 Å². The predicted octanol–water partition coefficient (Wildman–Crippen LogP) is 4.35. The van der Waals surface area contributed by atoms with Gasteiger partial charge in [0.2, 0.25) is 0 Å². The fourth-order valence-electron chi connectivity index (χ4n) is 1.90. The number of amides is 1. The molecular weight excluding hydrogens is 286 g/mol. The van der Waals surface area contributed by atoms with Crippen molar-refractivity contribution in [1.29, 1.82) is 0 Å². The number of benzene rings is 1. The Morgan fingerprint density at radius 1 is 1.29 bits per heavy atom. The molecule has 0 saturated heterocycles. The Morgan fingerprint density at radius 2 is 1.90 bits per heavy atom. The molecule has 0 aliphatic carbocycles. The molecular formula is C15H19F4NO. The van der Waals surface area contributed by atoms with Gasteiger partial charge in [-0.05, 0) is 31.0 Å². The number of rotatable bonds is 5. The Bertz CT molecular complexity index is 499. The van der Waals surface area contributed by atoms with Crippen molar-refractivity contribution in [1.82, 2.24) is 4.90 Å². The summed E-state index contributed by atoms with van der Waals surface area (Å²) in [5.74, 6) is -1.44. The van der Waals surface area contributed by atoms with Crippen LogP contribution in [0.25, 0.3) is 0 Å². The van der Waals surface area contributed by atoms with E-state index in [1.54, 1.807) is 6.92 Å². The molecule has 0 aliphatic heterocycles. The summed E-state index contributed by atoms with van der Waals surface area (Å²) in [6.45, 7) is 6.30. The molecule has 1 atom stereocenters. The molecule has 1 amide bonds. The highest BCUT2D eigenvalue weighted by Gasteiger charge is 2.32. The van der Waals surface area contributed by atoms with E-state index in [4.69, 9.17) is 0 Å². The Hall–Kier alpha value is -1.59. The van der Waals surface area contributed by atoms with E-state index in [1.165, 1.54) is 4.90 Å². The highest BCUT2D eigenvalue weighted by Crippen LogP contribution is 2.30. The van der Waals surface area contributed by atoms with Crippen LogP contribution in [0.15, 0.2) is 18.2 Å². The summed E-state index contributed by atoms with van der Waals surface area (Å²) in [5, 5.41) is 0. The minimum Gasteiger partial charge on any atom is -0.339 e. The summed E-state index contributed by atoms with van der Waals surface area (Å²) in [7, 11) is 0. The molecule has 1 aromatic carbocycles. The lowest BCUT2D eigenvalue weighted by Crippen LogP contribution is -2.35. The van der Waals surface area contributed by atoms with Crippen molar-refractivity contribution in [2.75, 3.05) is 13.1 Å². The van der Waals surface area contributed by atoms with Crippen LogP contribution < -0.4 is 0 Å². The van der Waals surface area contributed by atoms with Gasteiger partial charge in [-0.2, -0.15) is 13.2 Å². The van der Waals surface area contributed by atoms with Crippen LogP contribution in [-0.4, -0.2) is 23.9 Å². The Kier molecular flexibility index (Phi) is 5.75. The van der Waals surface area contributed by atoms with Gasteiger partial charge in [0.05, 0.1) is 11.1 Å². The Labute approximate surface area is 121 Å². The summed E-state index contributed by atoms with van der Waals surface area (Å²) < 4.78 is 51.7. The van der Waals surface area contributed by atoms with E-state index >= 15 is 0 Å². The van der Waals surface area contributed by atoms with E-state index in [-0.39, 0.29) is 5.92 Å². The van der Waals surface area contributed by atoms with Gasteiger partial charge in [0.1, 0.15) is 5.82 Å². The number of carbonyl (C=O) groups excluding carboxylic acids is 1. The zero-order valence-electron chi connectivity index (χ0n) is 12.3. The minimum absolute atomic E-state index is 0.197. The van der Waals surface area contributed by atoms with Crippen LogP contribution in [0.1, 0.15) is 43.1 Å². The summed E-state index contributed by atoms with van der Waals surface area (Å²) >= 11 is 0. The lowest BCUT2D eigenvalue weighted by Gasteiger charge is -2.24. The van der Waals surface area contributed by atoms with Crippen molar-refractivity contribution in [2.24, 2.45) is 5.92 Å². The third kappa shape index (κ3) is 4.44. The SMILES string of the molecule is CCC(C)CN(CC)C(=O)c1cc(C(F)(F)F)ccc1F. The smallest absolute Gasteiger partial charge is 0.339 e. The first kappa shape index (κ1) is 17.5. The third-order valence-electron chi connectivity index (χ3n) is 3.42. The largest absolute Gasteiger partial charge is 0.416 e. The fourth-order valence-corrected chi connectivity index (χ4v) is 1.90. The van der Waals surface area contributed by atoms with E-state index in [9.17, 15) is 22.4 Å². The highest BCUT2D eigenvalue weighted by molar-refractivity contribution is 5.94. The summed E-state index contributed by atoms with van der Waals surface area (Å²) in [6, 6.07) is 1.90. The molecule has 0 aromatic heterocycles. The molecule has 0 spiro atoms. The quantitative estimate of drug-likeness (QED) is 0.740. The molecule has 1 rings (SSSR count). The summed E-state index contributed by atoms with van der Waals surface area (Å²) in [6.07, 6.45) is -3.77. The van der Waals surface area contributed by atoms with Gasteiger partial charge in [0, 0.05) is 13.1 Å². The molecule has 2 nitrogen and oxygen atoms in total. The molecule has 21 heavy (non-hydrogen) atoms. The second-order valence-corrected chi connectivity index (χ2v) is 5.05. The van der Waals surface area contributed by atoms with E-state index in [0.717, 1.165) is 6.42 Å². The summed E-state index contributed by atoms with van der Waals surface area (Å²) in [5.41, 5.74) is -1.55. The highest BCUT2D eigenvalue weighted by atomic mass is 19.4. The maximum absolute atomic E-state index is 13.7. The van der Waals surface area contributed by atoms with Crippen LogP contribution >= 0.6 is 0 Å². The molecule has 0 radical (unpaired) electrons. The standard InChI is InChI=1S/C15H19F4NO/c1-4-10(3)9-20(5-2)14(21)12-8-11(15(17,18)19)6-7-13(12)16/h6-8,10H,4-5,9H2,1-3H3. The number of hydrogen-bond donors (Lipinski definition) is 0. The fraction of sp³-hybridized carbons (Fsp3) is 0.533. The summed E-state index contributed by atoms with van der Waals surface area (Å²) in [4.78, 5) is 13.6. The van der Waals surface area contributed by atoms with Crippen molar-refractivity contribution < 1.29 is 22.4 Å². The Morgan fingerprint density at radius 3 is 2.38 bits per heavy atom. The number of nitrogens with zero attached hydrogens (tertiary/aromatic N) is 1. The number of alkyl halides is 3. The second kappa shape index (κ2) is 6.91. The third-order valence-corrected chi connectivity index (χ3v) is 3.42. The van der Waals surface area contributed by atoms with Gasteiger partial charge in [-0.25, -0.2) is 4.39 Å². The maximum Gasteiger partial charge on any atom is 0.416 e. The van der Waals surface area contributed by atoms with Crippen LogP contribution in [0.3, 0.4) is 0 Å². The molecule has 1 aromatic rings. The van der Waals surface area contributed by atoms with Gasteiger partial charge in [0.15, 0.2) is 0 Å². The average Bonchev–Trinajstić information content (AvgIpc) is 2.42. The van der Waals surface area contributed by atoms with E-state index < -0.39 is 29.0 Å². The molecule has 0 aliphatic rings. The first-order valence-corrected chi connectivity index (χ1v) is 6.86. The van der Waals surface area contributed by atoms with Gasteiger partial charge < -0.3 is 4.90 Å². The number of halogens is 4. The minimum atomic E-state index is -4.60. The monoisotopic (exact) mass is 305 g/mol. The molecule has 6 heteroatoms. The first-order chi connectivity index (χ1) is 9.70. The molecule has 118 valence electrons. The van der Waals surface area contributed by atoms with Crippen molar-refractivity contribution >= 4 is 5.91 Å².